The van der Waals surface area contributed by atoms with Crippen LogP contribution in [0.1, 0.15) is 64.8 Å². The highest BCUT2D eigenvalue weighted by Crippen LogP contribution is 2.22. The number of amides is 1. The molecule has 0 aromatic carbocycles. The summed E-state index contributed by atoms with van der Waals surface area (Å²) in [4.78, 5) is 31.6. The van der Waals surface area contributed by atoms with Gasteiger partial charge < -0.3 is 4.74 Å². The summed E-state index contributed by atoms with van der Waals surface area (Å²) in [6.07, 6.45) is -0.615. The van der Waals surface area contributed by atoms with Crippen molar-refractivity contribution in [1.29, 1.82) is 0 Å². The number of hydrogen-bond donors (Lipinski definition) is 1. The van der Waals surface area contributed by atoms with E-state index in [4.69, 9.17) is 4.74 Å². The second-order valence-corrected chi connectivity index (χ2v) is 6.90. The summed E-state index contributed by atoms with van der Waals surface area (Å²) >= 11 is 0. The molecule has 0 spiro atoms. The minimum Gasteiger partial charge on any atom is -0.444 e. The number of ether oxygens (including phenoxy) is 1. The van der Waals surface area contributed by atoms with Crippen LogP contribution in [0.25, 0.3) is 0 Å². The van der Waals surface area contributed by atoms with Gasteiger partial charge in [-0.3, -0.25) is 10.1 Å². The van der Waals surface area contributed by atoms with Crippen LogP contribution >= 0.6 is 0 Å². The second kappa shape index (κ2) is 5.79. The summed E-state index contributed by atoms with van der Waals surface area (Å²) in [7, 11) is 0. The maximum atomic E-state index is 11.8. The summed E-state index contributed by atoms with van der Waals surface area (Å²) in [5.41, 5.74) is -0.195. The lowest BCUT2D eigenvalue weighted by molar-refractivity contribution is 0.0634. The van der Waals surface area contributed by atoms with E-state index in [1.165, 1.54) is 6.92 Å². The van der Waals surface area contributed by atoms with Crippen LogP contribution in [0, 0.1) is 0 Å². The molecule has 0 aliphatic rings. The fraction of sp³-hybridized carbons (Fsp3) is 0.600. The van der Waals surface area contributed by atoms with Crippen LogP contribution in [0.4, 0.5) is 10.6 Å². The lowest BCUT2D eigenvalue weighted by atomic mass is 9.92. The number of rotatable bonds is 2. The monoisotopic (exact) mass is 293 g/mol. The van der Waals surface area contributed by atoms with Gasteiger partial charge in [-0.2, -0.15) is 0 Å². The zero-order valence-corrected chi connectivity index (χ0v) is 13.7. The largest absolute Gasteiger partial charge is 0.444 e. The van der Waals surface area contributed by atoms with Crippen molar-refractivity contribution >= 4 is 17.7 Å². The third-order valence-electron chi connectivity index (χ3n) is 2.44. The van der Waals surface area contributed by atoms with Crippen molar-refractivity contribution in [2.45, 2.75) is 59.5 Å². The van der Waals surface area contributed by atoms with Gasteiger partial charge in [-0.25, -0.2) is 14.8 Å². The summed E-state index contributed by atoms with van der Waals surface area (Å²) < 4.78 is 5.17. The topological polar surface area (TPSA) is 81.2 Å². The highest BCUT2D eigenvalue weighted by Gasteiger charge is 2.21. The molecule has 0 bridgehead atoms. The van der Waals surface area contributed by atoms with Crippen molar-refractivity contribution in [3.8, 4) is 0 Å². The molecule has 1 heterocycles. The van der Waals surface area contributed by atoms with Gasteiger partial charge in [-0.15, -0.1) is 0 Å². The molecule has 6 nitrogen and oxygen atoms in total. The average molecular weight is 293 g/mol. The van der Waals surface area contributed by atoms with Gasteiger partial charge in [0, 0.05) is 18.4 Å². The number of carbonyl (C=O) groups is 2. The standard InChI is InChI=1S/C15H23N3O3/c1-9(19)12-16-10(14(2,3)4)8-11(17-12)18-13(20)21-15(5,6)7/h8H,1-7H3,(H,16,17,18,20). The Kier molecular flexibility index (Phi) is 4.71. The second-order valence-electron chi connectivity index (χ2n) is 6.90. The predicted octanol–water partition coefficient (Wildman–Crippen LogP) is 3.32. The lowest BCUT2D eigenvalue weighted by Gasteiger charge is -2.21. The predicted molar refractivity (Wildman–Crippen MR) is 80.6 cm³/mol. The molecule has 0 unspecified atom stereocenters. The minimum absolute atomic E-state index is 0.0773. The quantitative estimate of drug-likeness (QED) is 0.846. The van der Waals surface area contributed by atoms with E-state index >= 15 is 0 Å². The van der Waals surface area contributed by atoms with E-state index in [1.807, 2.05) is 20.8 Å². The minimum atomic E-state index is -0.615. The molecule has 0 aliphatic carbocycles. The third-order valence-corrected chi connectivity index (χ3v) is 2.44. The molecule has 1 N–H and O–H groups in total. The van der Waals surface area contributed by atoms with Gasteiger partial charge in [0.25, 0.3) is 0 Å². The molecule has 6 heteroatoms. The number of ketones is 1. The number of aromatic nitrogens is 2. The summed E-state index contributed by atoms with van der Waals surface area (Å²) in [5, 5.41) is 2.54. The molecule has 116 valence electrons. The molecule has 0 radical (unpaired) electrons. The van der Waals surface area contributed by atoms with Crippen LogP contribution in [0.15, 0.2) is 6.07 Å². The van der Waals surface area contributed by atoms with E-state index in [1.54, 1.807) is 26.8 Å². The smallest absolute Gasteiger partial charge is 0.413 e. The fourth-order valence-electron chi connectivity index (χ4n) is 1.46. The maximum Gasteiger partial charge on any atom is 0.413 e. The van der Waals surface area contributed by atoms with Crippen LogP contribution in [-0.2, 0) is 10.2 Å². The Labute approximate surface area is 125 Å². The maximum absolute atomic E-state index is 11.8. The Hall–Kier alpha value is -1.98. The first kappa shape index (κ1) is 17.1. The van der Waals surface area contributed by atoms with Gasteiger partial charge in [-0.05, 0) is 20.8 Å². The van der Waals surface area contributed by atoms with Crippen molar-refractivity contribution in [2.24, 2.45) is 0 Å². The van der Waals surface area contributed by atoms with Crippen LogP contribution in [0.2, 0.25) is 0 Å². The third kappa shape index (κ3) is 5.49. The van der Waals surface area contributed by atoms with Crippen molar-refractivity contribution in [2.75, 3.05) is 5.32 Å². The van der Waals surface area contributed by atoms with Crippen molar-refractivity contribution in [1.82, 2.24) is 9.97 Å². The molecule has 0 saturated carbocycles. The zero-order chi connectivity index (χ0) is 16.4. The molecule has 1 aromatic heterocycles. The van der Waals surface area contributed by atoms with Crippen LogP contribution in [-0.4, -0.2) is 27.4 Å². The van der Waals surface area contributed by atoms with Gasteiger partial charge in [0.15, 0.2) is 11.6 Å². The number of hydrogen-bond acceptors (Lipinski definition) is 5. The first-order valence-electron chi connectivity index (χ1n) is 6.79. The highest BCUT2D eigenvalue weighted by molar-refractivity contribution is 5.91. The van der Waals surface area contributed by atoms with E-state index in [-0.39, 0.29) is 22.8 Å². The highest BCUT2D eigenvalue weighted by atomic mass is 16.6. The van der Waals surface area contributed by atoms with Crippen LogP contribution in [0.3, 0.4) is 0 Å². The lowest BCUT2D eigenvalue weighted by Crippen LogP contribution is -2.28. The van der Waals surface area contributed by atoms with Gasteiger partial charge >= 0.3 is 6.09 Å². The van der Waals surface area contributed by atoms with E-state index in [0.29, 0.717) is 5.69 Å². The Balaban J connectivity index is 3.10. The molecule has 0 saturated heterocycles. The van der Waals surface area contributed by atoms with Crippen molar-refractivity contribution < 1.29 is 14.3 Å². The Morgan fingerprint density at radius 3 is 2.10 bits per heavy atom. The molecule has 1 amide bonds. The zero-order valence-electron chi connectivity index (χ0n) is 13.7. The molecule has 0 fully saturated rings. The van der Waals surface area contributed by atoms with Gasteiger partial charge in [-0.1, -0.05) is 20.8 Å². The van der Waals surface area contributed by atoms with Gasteiger partial charge in [0.05, 0.1) is 5.69 Å². The first-order valence-corrected chi connectivity index (χ1v) is 6.79. The normalized spacial score (nSPS) is 12.0. The molecular weight excluding hydrogens is 270 g/mol. The Morgan fingerprint density at radius 1 is 1.10 bits per heavy atom. The average Bonchev–Trinajstić information content (AvgIpc) is 2.24. The van der Waals surface area contributed by atoms with Crippen molar-refractivity contribution in [3.63, 3.8) is 0 Å². The summed E-state index contributed by atoms with van der Waals surface area (Å²) in [5.74, 6) is 0.0798. The van der Waals surface area contributed by atoms with Crippen LogP contribution < -0.4 is 5.32 Å². The number of nitrogens with one attached hydrogen (secondary N) is 1. The molecule has 21 heavy (non-hydrogen) atoms. The number of anilines is 1. The van der Waals surface area contributed by atoms with Gasteiger partial charge in [0.1, 0.15) is 11.4 Å². The van der Waals surface area contributed by atoms with Crippen molar-refractivity contribution in [3.05, 3.63) is 17.6 Å². The summed E-state index contributed by atoms with van der Waals surface area (Å²) in [6, 6.07) is 1.65. The molecule has 1 rings (SSSR count). The number of carbonyl (C=O) groups excluding carboxylic acids is 2. The van der Waals surface area contributed by atoms with E-state index in [9.17, 15) is 9.59 Å². The summed E-state index contributed by atoms with van der Waals surface area (Å²) in [6.45, 7) is 12.6. The number of nitrogens with zero attached hydrogens (tertiary/aromatic N) is 2. The van der Waals surface area contributed by atoms with E-state index in [0.717, 1.165) is 0 Å². The van der Waals surface area contributed by atoms with Crippen LogP contribution in [0.5, 0.6) is 0 Å². The van der Waals surface area contributed by atoms with E-state index < -0.39 is 11.7 Å². The Morgan fingerprint density at radius 2 is 1.67 bits per heavy atom. The SMILES string of the molecule is CC(=O)c1nc(NC(=O)OC(C)(C)C)cc(C(C)(C)C)n1. The fourth-order valence-corrected chi connectivity index (χ4v) is 1.46. The molecular formula is C15H23N3O3. The molecule has 0 aliphatic heterocycles. The Bertz CT molecular complexity index is 554. The first-order chi connectivity index (χ1) is 9.38. The van der Waals surface area contributed by atoms with E-state index in [2.05, 4.69) is 15.3 Å². The number of Topliss-reactive ketones (excluding diaryl/α,β-unsaturated/α-hetero) is 1. The van der Waals surface area contributed by atoms with Gasteiger partial charge in [0.2, 0.25) is 0 Å². The molecule has 0 atom stereocenters. The molecule has 1 aromatic rings.